The number of hydrogen-bond acceptors (Lipinski definition) is 3. The monoisotopic (exact) mass is 208 g/mol. The molecule has 0 heterocycles. The quantitative estimate of drug-likeness (QED) is 0.798. The number of aromatic hydroxyl groups is 1. The van der Waals surface area contributed by atoms with Crippen LogP contribution >= 0.6 is 0 Å². The summed E-state index contributed by atoms with van der Waals surface area (Å²) in [6, 6.07) is 5.56. The van der Waals surface area contributed by atoms with Crippen molar-refractivity contribution in [2.45, 2.75) is 26.8 Å². The topological polar surface area (TPSA) is 49.5 Å². The Morgan fingerprint density at radius 2 is 1.93 bits per heavy atom. The molecule has 0 fully saturated rings. The van der Waals surface area contributed by atoms with Gasteiger partial charge in [0.1, 0.15) is 5.75 Å². The summed E-state index contributed by atoms with van der Waals surface area (Å²) in [4.78, 5) is 2.19. The second kappa shape index (κ2) is 5.03. The maximum absolute atomic E-state index is 9.80. The number of nitrogens with two attached hydrogens (primary N) is 1. The Morgan fingerprint density at radius 3 is 2.33 bits per heavy atom. The summed E-state index contributed by atoms with van der Waals surface area (Å²) < 4.78 is 0. The lowest BCUT2D eigenvalue weighted by atomic mass is 10.1. The molecule has 0 aliphatic rings. The molecule has 3 N–H and O–H groups in total. The Kier molecular flexibility index (Phi) is 3.97. The van der Waals surface area contributed by atoms with Gasteiger partial charge in [-0.1, -0.05) is 6.07 Å². The van der Waals surface area contributed by atoms with Crippen LogP contribution in [0.4, 0.5) is 5.69 Å². The van der Waals surface area contributed by atoms with E-state index in [-0.39, 0.29) is 11.8 Å². The summed E-state index contributed by atoms with van der Waals surface area (Å²) in [6.45, 7) is 7.94. The second-order valence-electron chi connectivity index (χ2n) is 3.70. The first-order valence-corrected chi connectivity index (χ1v) is 5.43. The molecule has 1 aromatic rings. The van der Waals surface area contributed by atoms with Crippen LogP contribution in [0.5, 0.6) is 5.75 Å². The van der Waals surface area contributed by atoms with Crippen LogP contribution in [0.15, 0.2) is 18.2 Å². The van der Waals surface area contributed by atoms with Gasteiger partial charge in [0.15, 0.2) is 0 Å². The van der Waals surface area contributed by atoms with Crippen LogP contribution in [-0.4, -0.2) is 18.2 Å². The number of hydrogen-bond donors (Lipinski definition) is 2. The lowest BCUT2D eigenvalue weighted by Crippen LogP contribution is -2.21. The molecule has 0 saturated carbocycles. The van der Waals surface area contributed by atoms with E-state index in [2.05, 4.69) is 18.7 Å². The van der Waals surface area contributed by atoms with Crippen LogP contribution in [0.25, 0.3) is 0 Å². The molecule has 0 spiro atoms. The highest BCUT2D eigenvalue weighted by Gasteiger charge is 2.08. The number of anilines is 1. The first-order chi connectivity index (χ1) is 7.10. The van der Waals surface area contributed by atoms with Crippen LogP contribution in [0, 0.1) is 0 Å². The first-order valence-electron chi connectivity index (χ1n) is 5.43. The van der Waals surface area contributed by atoms with Gasteiger partial charge in [0.25, 0.3) is 0 Å². The van der Waals surface area contributed by atoms with Gasteiger partial charge < -0.3 is 15.7 Å². The van der Waals surface area contributed by atoms with Crippen molar-refractivity contribution in [3.8, 4) is 5.75 Å². The van der Waals surface area contributed by atoms with Crippen molar-refractivity contribution in [2.75, 3.05) is 18.0 Å². The van der Waals surface area contributed by atoms with E-state index in [1.165, 1.54) is 0 Å². The smallest absolute Gasteiger partial charge is 0.122 e. The number of nitrogens with zero attached hydrogens (tertiary/aromatic N) is 1. The van der Waals surface area contributed by atoms with Crippen molar-refractivity contribution < 1.29 is 5.11 Å². The van der Waals surface area contributed by atoms with Crippen LogP contribution in [0.1, 0.15) is 32.4 Å². The summed E-state index contributed by atoms with van der Waals surface area (Å²) >= 11 is 0. The molecule has 1 unspecified atom stereocenters. The Bertz CT molecular complexity index is 319. The van der Waals surface area contributed by atoms with Crippen molar-refractivity contribution in [1.29, 1.82) is 0 Å². The standard InChI is InChI=1S/C12H20N2O/c1-4-14(5-2)10-6-7-11(9(3)13)12(15)8-10/h6-9,15H,4-5,13H2,1-3H3. The Labute approximate surface area is 91.5 Å². The minimum atomic E-state index is -0.129. The summed E-state index contributed by atoms with van der Waals surface area (Å²) in [5.41, 5.74) is 7.57. The maximum Gasteiger partial charge on any atom is 0.122 e. The summed E-state index contributed by atoms with van der Waals surface area (Å²) in [6.07, 6.45) is 0. The van der Waals surface area contributed by atoms with Crippen molar-refractivity contribution in [3.63, 3.8) is 0 Å². The van der Waals surface area contributed by atoms with E-state index in [1.54, 1.807) is 6.07 Å². The highest BCUT2D eigenvalue weighted by molar-refractivity contribution is 5.53. The predicted molar refractivity (Wildman–Crippen MR) is 64.3 cm³/mol. The average molecular weight is 208 g/mol. The summed E-state index contributed by atoms with van der Waals surface area (Å²) in [5.74, 6) is 0.286. The molecule has 0 aliphatic heterocycles. The van der Waals surface area contributed by atoms with E-state index in [0.717, 1.165) is 24.3 Å². The molecular formula is C12H20N2O. The van der Waals surface area contributed by atoms with E-state index in [1.807, 2.05) is 19.1 Å². The molecule has 0 amide bonds. The SMILES string of the molecule is CCN(CC)c1ccc(C(C)N)c(O)c1. The molecule has 3 nitrogen and oxygen atoms in total. The largest absolute Gasteiger partial charge is 0.508 e. The number of phenols is 1. The molecule has 0 aliphatic carbocycles. The van der Waals surface area contributed by atoms with Gasteiger partial charge >= 0.3 is 0 Å². The fourth-order valence-electron chi connectivity index (χ4n) is 1.70. The third-order valence-electron chi connectivity index (χ3n) is 2.63. The lowest BCUT2D eigenvalue weighted by Gasteiger charge is -2.22. The Balaban J connectivity index is 3.00. The number of phenolic OH excluding ortho intramolecular Hbond substituents is 1. The Morgan fingerprint density at radius 1 is 1.33 bits per heavy atom. The van der Waals surface area contributed by atoms with E-state index in [0.29, 0.717) is 0 Å². The van der Waals surface area contributed by atoms with Gasteiger partial charge in [-0.2, -0.15) is 0 Å². The van der Waals surface area contributed by atoms with Crippen molar-refractivity contribution >= 4 is 5.69 Å². The predicted octanol–water partition coefficient (Wildman–Crippen LogP) is 2.26. The maximum atomic E-state index is 9.80. The summed E-state index contributed by atoms with van der Waals surface area (Å²) in [5, 5.41) is 9.80. The molecule has 3 heteroatoms. The third kappa shape index (κ3) is 2.63. The van der Waals surface area contributed by atoms with E-state index < -0.39 is 0 Å². The zero-order valence-corrected chi connectivity index (χ0v) is 9.70. The van der Waals surface area contributed by atoms with Crippen LogP contribution in [0.3, 0.4) is 0 Å². The van der Waals surface area contributed by atoms with Gasteiger partial charge in [-0.25, -0.2) is 0 Å². The van der Waals surface area contributed by atoms with Gasteiger partial charge in [0, 0.05) is 36.4 Å². The minimum absolute atomic E-state index is 0.129. The highest BCUT2D eigenvalue weighted by atomic mass is 16.3. The zero-order chi connectivity index (χ0) is 11.4. The molecule has 1 aromatic carbocycles. The van der Waals surface area contributed by atoms with Crippen molar-refractivity contribution in [2.24, 2.45) is 5.73 Å². The normalized spacial score (nSPS) is 12.5. The fraction of sp³-hybridized carbons (Fsp3) is 0.500. The molecule has 1 atom stereocenters. The molecular weight excluding hydrogens is 188 g/mol. The molecule has 0 bridgehead atoms. The molecule has 1 rings (SSSR count). The van der Waals surface area contributed by atoms with Crippen LogP contribution < -0.4 is 10.6 Å². The van der Waals surface area contributed by atoms with Gasteiger partial charge in [-0.15, -0.1) is 0 Å². The molecule has 0 aromatic heterocycles. The highest BCUT2D eigenvalue weighted by Crippen LogP contribution is 2.27. The molecule has 15 heavy (non-hydrogen) atoms. The second-order valence-corrected chi connectivity index (χ2v) is 3.70. The van der Waals surface area contributed by atoms with Gasteiger partial charge in [-0.3, -0.25) is 0 Å². The fourth-order valence-corrected chi connectivity index (χ4v) is 1.70. The zero-order valence-electron chi connectivity index (χ0n) is 9.70. The molecule has 0 radical (unpaired) electrons. The van der Waals surface area contributed by atoms with Crippen molar-refractivity contribution in [3.05, 3.63) is 23.8 Å². The minimum Gasteiger partial charge on any atom is -0.508 e. The molecule has 84 valence electrons. The molecule has 0 saturated heterocycles. The van der Waals surface area contributed by atoms with Crippen molar-refractivity contribution in [1.82, 2.24) is 0 Å². The van der Waals surface area contributed by atoms with Gasteiger partial charge in [0.05, 0.1) is 0 Å². The lowest BCUT2D eigenvalue weighted by molar-refractivity contribution is 0.463. The number of rotatable bonds is 4. The van der Waals surface area contributed by atoms with Gasteiger partial charge in [0.2, 0.25) is 0 Å². The van der Waals surface area contributed by atoms with E-state index in [4.69, 9.17) is 5.73 Å². The summed E-state index contributed by atoms with van der Waals surface area (Å²) in [7, 11) is 0. The van der Waals surface area contributed by atoms with Crippen LogP contribution in [0.2, 0.25) is 0 Å². The van der Waals surface area contributed by atoms with E-state index >= 15 is 0 Å². The number of benzene rings is 1. The third-order valence-corrected chi connectivity index (χ3v) is 2.63. The van der Waals surface area contributed by atoms with Crippen LogP contribution in [-0.2, 0) is 0 Å². The van der Waals surface area contributed by atoms with E-state index in [9.17, 15) is 5.11 Å². The average Bonchev–Trinajstić information content (AvgIpc) is 2.19. The van der Waals surface area contributed by atoms with Gasteiger partial charge in [-0.05, 0) is 26.8 Å². The Hall–Kier alpha value is -1.22. The first kappa shape index (κ1) is 11.9.